The van der Waals surface area contributed by atoms with Gasteiger partial charge in [0, 0.05) is 6.20 Å². The van der Waals surface area contributed by atoms with Crippen molar-refractivity contribution in [2.45, 2.75) is 24.5 Å². The number of aromatic amines is 1. The molecule has 1 aliphatic heterocycles. The molecule has 33 heavy (non-hydrogen) atoms. The molecule has 0 saturated carbocycles. The van der Waals surface area contributed by atoms with Crippen molar-refractivity contribution in [3.8, 4) is 0 Å². The minimum absolute atomic E-state index is 0. The van der Waals surface area contributed by atoms with Gasteiger partial charge in [-0.05, 0) is 6.07 Å². The van der Waals surface area contributed by atoms with E-state index in [2.05, 4.69) is 18.1 Å². The van der Waals surface area contributed by atoms with Crippen LogP contribution in [0.1, 0.15) is 6.23 Å². The maximum Gasteiger partial charge on any atom is 1.00 e. The van der Waals surface area contributed by atoms with Crippen molar-refractivity contribution in [3.63, 3.8) is 0 Å². The Labute approximate surface area is 279 Å². The molecule has 1 aromatic rings. The first kappa shape index (κ1) is 40.9. The third-order valence-corrected chi connectivity index (χ3v) is 7.16. The fourth-order valence-corrected chi connectivity index (χ4v) is 5.19. The molecule has 0 radical (unpaired) electrons. The Morgan fingerprint density at radius 2 is 1.58 bits per heavy atom. The SMILES string of the molecule is O=c1[nH]c(=S)ccn1[C@@H]1O[C@H](COP(=O)([O-])OP(=O)([O-])OP(=O)([O-])[O-])[C@@H](O)[C@H]1O.[Na+].[Na+].[Na+].[Na+]. The summed E-state index contributed by atoms with van der Waals surface area (Å²) in [4.78, 5) is 57.1. The summed E-state index contributed by atoms with van der Waals surface area (Å²) in [6.45, 7) is -1.13. The molecule has 0 aliphatic carbocycles. The number of aliphatic hydroxyl groups excluding tert-OH is 2. The molecule has 2 unspecified atom stereocenters. The van der Waals surface area contributed by atoms with Gasteiger partial charge >= 0.3 is 124 Å². The van der Waals surface area contributed by atoms with E-state index in [1.807, 2.05) is 0 Å². The van der Waals surface area contributed by atoms with Gasteiger partial charge in [-0.1, -0.05) is 12.2 Å². The Kier molecular flexibility index (Phi) is 20.4. The number of aromatic nitrogens is 2. The van der Waals surface area contributed by atoms with E-state index < -0.39 is 60.3 Å². The Morgan fingerprint density at radius 3 is 2.06 bits per heavy atom. The third kappa shape index (κ3) is 13.3. The fourth-order valence-electron chi connectivity index (χ4n) is 2.17. The molecule has 1 aromatic heterocycles. The van der Waals surface area contributed by atoms with Crippen LogP contribution in [-0.4, -0.2) is 44.7 Å². The number of nitrogens with zero attached hydrogens (tertiary/aromatic N) is 1. The number of rotatable bonds is 8. The summed E-state index contributed by atoms with van der Waals surface area (Å²) in [7, 11) is -18.1. The quantitative estimate of drug-likeness (QED) is 0.145. The van der Waals surface area contributed by atoms with Crippen molar-refractivity contribution in [2.75, 3.05) is 6.61 Å². The summed E-state index contributed by atoms with van der Waals surface area (Å²) >= 11 is 4.73. The summed E-state index contributed by atoms with van der Waals surface area (Å²) in [6, 6.07) is 1.26. The molecule has 1 aliphatic rings. The molecule has 1 saturated heterocycles. The summed E-state index contributed by atoms with van der Waals surface area (Å²) in [5.74, 6) is 0. The summed E-state index contributed by atoms with van der Waals surface area (Å²) in [5.41, 5.74) is -0.822. The third-order valence-electron chi connectivity index (χ3n) is 3.26. The van der Waals surface area contributed by atoms with Crippen LogP contribution in [0.5, 0.6) is 0 Å². The normalized spacial score (nSPS) is 25.8. The van der Waals surface area contributed by atoms with Gasteiger partial charge in [-0.15, -0.1) is 0 Å². The number of nitrogens with one attached hydrogen (secondary N) is 1. The Bertz CT molecular complexity index is 1020. The molecular formula is C9H11N2Na4O14P3S. The Morgan fingerprint density at radius 1 is 1.03 bits per heavy atom. The molecule has 24 heteroatoms. The molecule has 0 bridgehead atoms. The molecule has 1 fully saturated rings. The molecule has 2 heterocycles. The fraction of sp³-hybridized carbons (Fsp3) is 0.556. The molecular weight excluding hydrogens is 577 g/mol. The number of phosphoric ester groups is 1. The first-order valence-corrected chi connectivity index (χ1v) is 11.9. The minimum Gasteiger partial charge on any atom is -0.790 e. The molecule has 3 N–H and O–H groups in total. The van der Waals surface area contributed by atoms with E-state index in [1.165, 1.54) is 6.07 Å². The first-order chi connectivity index (χ1) is 13.1. The van der Waals surface area contributed by atoms with Crippen molar-refractivity contribution in [1.82, 2.24) is 9.55 Å². The smallest absolute Gasteiger partial charge is 0.790 e. The molecule has 6 atom stereocenters. The van der Waals surface area contributed by atoms with Gasteiger partial charge in [0.2, 0.25) is 0 Å². The summed E-state index contributed by atoms with van der Waals surface area (Å²) in [6.07, 6.45) is -5.51. The number of hydrogen-bond donors (Lipinski definition) is 3. The number of phosphoric acid groups is 3. The first-order valence-electron chi connectivity index (χ1n) is 7.15. The van der Waals surface area contributed by atoms with Crippen LogP contribution in [0.3, 0.4) is 0 Å². The Hall–Kier alpha value is 3.39. The zero-order valence-electron chi connectivity index (χ0n) is 17.7. The van der Waals surface area contributed by atoms with Crippen LogP contribution in [0.2, 0.25) is 0 Å². The standard InChI is InChI=1S/C9H15N2O14P3S.4Na/c12-6-4(3-22-27(18,19)25-28(20,21)24-26(15,16)17)23-8(7(6)13)11-2-1-5(29)10-9(11)14;;;;/h1-2,4,6-8,12-13H,3H2,(H,18,19)(H,20,21)(H,10,14,29)(H2,15,16,17);;;;/q;4*+1/p-4/t4-,6-,7-,8-;;;;/m1..../s1. The van der Waals surface area contributed by atoms with Crippen molar-refractivity contribution in [1.29, 1.82) is 0 Å². The van der Waals surface area contributed by atoms with Crippen molar-refractivity contribution in [3.05, 3.63) is 27.4 Å². The number of ether oxygens (including phenoxy) is 1. The summed E-state index contributed by atoms with van der Waals surface area (Å²) in [5, 5.41) is 19.9. The van der Waals surface area contributed by atoms with Crippen LogP contribution in [0.25, 0.3) is 0 Å². The van der Waals surface area contributed by atoms with Crippen molar-refractivity contribution >= 4 is 35.7 Å². The van der Waals surface area contributed by atoms with Gasteiger partial charge < -0.3 is 43.6 Å². The van der Waals surface area contributed by atoms with Crippen LogP contribution in [-0.2, 0) is 31.6 Å². The van der Waals surface area contributed by atoms with Gasteiger partial charge in [0.15, 0.2) is 6.23 Å². The average molecular weight is 588 g/mol. The van der Waals surface area contributed by atoms with E-state index in [0.29, 0.717) is 0 Å². The van der Waals surface area contributed by atoms with Crippen LogP contribution >= 0.6 is 35.7 Å². The van der Waals surface area contributed by atoms with E-state index >= 15 is 0 Å². The van der Waals surface area contributed by atoms with Crippen LogP contribution < -0.4 is 143 Å². The van der Waals surface area contributed by atoms with Gasteiger partial charge in [0.1, 0.15) is 23.0 Å². The number of H-pyrrole nitrogens is 1. The topological polar surface area (TPSA) is 259 Å². The monoisotopic (exact) mass is 588 g/mol. The van der Waals surface area contributed by atoms with Crippen LogP contribution in [0.15, 0.2) is 17.1 Å². The van der Waals surface area contributed by atoms with Gasteiger partial charge in [0.25, 0.3) is 15.6 Å². The second-order valence-corrected chi connectivity index (χ2v) is 10.1. The zero-order valence-corrected chi connectivity index (χ0v) is 29.2. The molecule has 0 spiro atoms. The van der Waals surface area contributed by atoms with Crippen LogP contribution in [0, 0.1) is 4.64 Å². The predicted molar refractivity (Wildman–Crippen MR) is 82.8 cm³/mol. The van der Waals surface area contributed by atoms with Crippen molar-refractivity contribution in [2.24, 2.45) is 0 Å². The van der Waals surface area contributed by atoms with E-state index in [4.69, 9.17) is 17.0 Å². The predicted octanol–water partition coefficient (Wildman–Crippen LogP) is -15.6. The molecule has 166 valence electrons. The number of hydrogen-bond acceptors (Lipinski definition) is 15. The Balaban J connectivity index is -0.00000225. The van der Waals surface area contributed by atoms with E-state index in [9.17, 15) is 48.3 Å². The number of aliphatic hydroxyl groups is 2. The average Bonchev–Trinajstić information content (AvgIpc) is 2.78. The van der Waals surface area contributed by atoms with E-state index in [1.54, 1.807) is 0 Å². The zero-order chi connectivity index (χ0) is 22.2. The largest absolute Gasteiger partial charge is 1.00 e. The molecule has 16 nitrogen and oxygen atoms in total. The van der Waals surface area contributed by atoms with Gasteiger partial charge in [-0.25, -0.2) is 9.11 Å². The maximum absolute atomic E-state index is 11.8. The second-order valence-electron chi connectivity index (χ2n) is 5.36. The maximum atomic E-state index is 11.8. The molecule has 0 aromatic carbocycles. The van der Waals surface area contributed by atoms with Gasteiger partial charge in [-0.3, -0.25) is 23.0 Å². The molecule has 0 amide bonds. The van der Waals surface area contributed by atoms with Crippen LogP contribution in [0.4, 0.5) is 0 Å². The van der Waals surface area contributed by atoms with Gasteiger partial charge in [-0.2, -0.15) is 0 Å². The summed E-state index contributed by atoms with van der Waals surface area (Å²) < 4.78 is 49.3. The minimum atomic E-state index is -6.15. The van der Waals surface area contributed by atoms with Gasteiger partial charge in [0.05, 0.1) is 14.4 Å². The van der Waals surface area contributed by atoms with Crippen molar-refractivity contribution < 1.29 is 180 Å². The second kappa shape index (κ2) is 16.5. The van der Waals surface area contributed by atoms with E-state index in [0.717, 1.165) is 10.8 Å². The van der Waals surface area contributed by atoms with E-state index in [-0.39, 0.29) is 123 Å². The molecule has 2 rings (SSSR count).